The number of hydrogen-bond donors (Lipinski definition) is 2. The number of hydrogen-bond acceptors (Lipinski definition) is 3. The molecule has 0 aromatic carbocycles. The molecule has 0 fully saturated rings. The van der Waals surface area contributed by atoms with Crippen LogP contribution < -0.4 is 5.73 Å². The van der Waals surface area contributed by atoms with Gasteiger partial charge in [0, 0.05) is 25.0 Å². The average molecular weight is 216 g/mol. The maximum absolute atomic E-state index is 11.7. The first-order valence-electron chi connectivity index (χ1n) is 5.65. The molecule has 0 aliphatic heterocycles. The highest BCUT2D eigenvalue weighted by atomic mass is 16.3. The van der Waals surface area contributed by atoms with Crippen LogP contribution in [0.3, 0.4) is 0 Å². The van der Waals surface area contributed by atoms with Crippen LogP contribution in [0, 0.1) is 0 Å². The van der Waals surface area contributed by atoms with Crippen LogP contribution in [0.1, 0.15) is 40.0 Å². The van der Waals surface area contributed by atoms with Gasteiger partial charge in [0.15, 0.2) is 0 Å². The van der Waals surface area contributed by atoms with E-state index in [-0.39, 0.29) is 24.6 Å². The summed E-state index contributed by atoms with van der Waals surface area (Å²) in [6, 6.07) is 0.308. The largest absolute Gasteiger partial charge is 0.395 e. The normalized spacial score (nSPS) is 12.9. The Morgan fingerprint density at radius 3 is 2.40 bits per heavy atom. The van der Waals surface area contributed by atoms with Gasteiger partial charge < -0.3 is 15.7 Å². The summed E-state index contributed by atoms with van der Waals surface area (Å²) >= 11 is 0. The fourth-order valence-electron chi connectivity index (χ4n) is 1.50. The van der Waals surface area contributed by atoms with E-state index in [9.17, 15) is 4.79 Å². The highest BCUT2D eigenvalue weighted by Gasteiger charge is 2.15. The average Bonchev–Trinajstić information content (AvgIpc) is 2.12. The summed E-state index contributed by atoms with van der Waals surface area (Å²) in [5.41, 5.74) is 5.61. The Labute approximate surface area is 92.4 Å². The predicted molar refractivity (Wildman–Crippen MR) is 61.4 cm³/mol. The van der Waals surface area contributed by atoms with Gasteiger partial charge in [-0.3, -0.25) is 4.79 Å². The number of nitrogens with zero attached hydrogens (tertiary/aromatic N) is 1. The van der Waals surface area contributed by atoms with Crippen molar-refractivity contribution in [1.29, 1.82) is 0 Å². The van der Waals surface area contributed by atoms with E-state index < -0.39 is 0 Å². The minimum Gasteiger partial charge on any atom is -0.395 e. The van der Waals surface area contributed by atoms with Crippen molar-refractivity contribution >= 4 is 5.91 Å². The Hall–Kier alpha value is -0.610. The highest BCUT2D eigenvalue weighted by molar-refractivity contribution is 5.76. The van der Waals surface area contributed by atoms with Crippen LogP contribution >= 0.6 is 0 Å². The van der Waals surface area contributed by atoms with Crippen molar-refractivity contribution in [1.82, 2.24) is 4.90 Å². The summed E-state index contributed by atoms with van der Waals surface area (Å²) in [7, 11) is 0. The summed E-state index contributed by atoms with van der Waals surface area (Å²) in [6.45, 7) is 6.31. The lowest BCUT2D eigenvalue weighted by Crippen LogP contribution is -2.38. The number of carbonyl (C=O) groups excluding carboxylic acids is 1. The molecule has 0 aliphatic rings. The second kappa shape index (κ2) is 7.65. The van der Waals surface area contributed by atoms with E-state index in [0.29, 0.717) is 13.0 Å². The smallest absolute Gasteiger partial charge is 0.222 e. The number of nitrogens with two attached hydrogens (primary N) is 1. The van der Waals surface area contributed by atoms with Crippen LogP contribution in [0.2, 0.25) is 0 Å². The van der Waals surface area contributed by atoms with Gasteiger partial charge in [0.1, 0.15) is 0 Å². The molecule has 4 heteroatoms. The van der Waals surface area contributed by atoms with Crippen molar-refractivity contribution in [3.63, 3.8) is 0 Å². The zero-order chi connectivity index (χ0) is 11.8. The molecule has 0 spiro atoms. The van der Waals surface area contributed by atoms with Gasteiger partial charge >= 0.3 is 0 Å². The van der Waals surface area contributed by atoms with Crippen molar-refractivity contribution < 1.29 is 9.90 Å². The van der Waals surface area contributed by atoms with E-state index >= 15 is 0 Å². The molecule has 0 rings (SSSR count). The van der Waals surface area contributed by atoms with Gasteiger partial charge in [-0.05, 0) is 33.6 Å². The van der Waals surface area contributed by atoms with Crippen molar-refractivity contribution in [3.8, 4) is 0 Å². The molecule has 0 saturated carbocycles. The zero-order valence-corrected chi connectivity index (χ0v) is 10.1. The lowest BCUT2D eigenvalue weighted by molar-refractivity contribution is -0.133. The number of aliphatic hydroxyl groups excluding tert-OH is 1. The number of amides is 1. The molecule has 4 nitrogen and oxygen atoms in total. The van der Waals surface area contributed by atoms with E-state index in [1.165, 1.54) is 0 Å². The number of carbonyl (C=O) groups is 1. The summed E-state index contributed by atoms with van der Waals surface area (Å²) in [4.78, 5) is 13.4. The van der Waals surface area contributed by atoms with Crippen molar-refractivity contribution in [3.05, 3.63) is 0 Å². The molecule has 15 heavy (non-hydrogen) atoms. The lowest BCUT2D eigenvalue weighted by Gasteiger charge is -2.26. The molecular formula is C11H24N2O2. The monoisotopic (exact) mass is 216 g/mol. The minimum atomic E-state index is 0.0250. The van der Waals surface area contributed by atoms with E-state index in [1.54, 1.807) is 4.90 Å². The SMILES string of the molecule is CC(N)CCCC(=O)N(CCO)C(C)C. The molecule has 90 valence electrons. The van der Waals surface area contributed by atoms with E-state index in [2.05, 4.69) is 0 Å². The molecule has 0 heterocycles. The summed E-state index contributed by atoms with van der Waals surface area (Å²) in [6.07, 6.45) is 2.22. The van der Waals surface area contributed by atoms with Crippen LogP contribution in [0.4, 0.5) is 0 Å². The topological polar surface area (TPSA) is 66.6 Å². The maximum Gasteiger partial charge on any atom is 0.222 e. The van der Waals surface area contributed by atoms with Gasteiger partial charge in [-0.25, -0.2) is 0 Å². The van der Waals surface area contributed by atoms with Gasteiger partial charge in [-0.15, -0.1) is 0 Å². The van der Waals surface area contributed by atoms with Crippen molar-refractivity contribution in [2.24, 2.45) is 5.73 Å². The minimum absolute atomic E-state index is 0.0250. The van der Waals surface area contributed by atoms with Crippen molar-refractivity contribution in [2.75, 3.05) is 13.2 Å². The molecule has 0 radical (unpaired) electrons. The molecule has 1 amide bonds. The fourth-order valence-corrected chi connectivity index (χ4v) is 1.50. The first kappa shape index (κ1) is 14.4. The quantitative estimate of drug-likeness (QED) is 0.659. The standard InChI is InChI=1S/C11H24N2O2/c1-9(2)13(7-8-14)11(15)6-4-5-10(3)12/h9-10,14H,4-8,12H2,1-3H3. The summed E-state index contributed by atoms with van der Waals surface area (Å²) < 4.78 is 0. The van der Waals surface area contributed by atoms with Gasteiger partial charge in [-0.1, -0.05) is 0 Å². The Balaban J connectivity index is 3.92. The van der Waals surface area contributed by atoms with Crippen LogP contribution in [0.5, 0.6) is 0 Å². The van der Waals surface area contributed by atoms with E-state index in [4.69, 9.17) is 10.8 Å². The van der Waals surface area contributed by atoms with Crippen LogP contribution in [0.25, 0.3) is 0 Å². The Morgan fingerprint density at radius 2 is 2.00 bits per heavy atom. The van der Waals surface area contributed by atoms with Gasteiger partial charge in [-0.2, -0.15) is 0 Å². The third-order valence-electron chi connectivity index (χ3n) is 2.33. The molecule has 3 N–H and O–H groups in total. The highest BCUT2D eigenvalue weighted by Crippen LogP contribution is 2.06. The molecule has 0 saturated heterocycles. The third-order valence-corrected chi connectivity index (χ3v) is 2.33. The molecule has 1 atom stereocenters. The fraction of sp³-hybridized carbons (Fsp3) is 0.909. The Morgan fingerprint density at radius 1 is 1.40 bits per heavy atom. The predicted octanol–water partition coefficient (Wildman–Crippen LogP) is 0.733. The number of aliphatic hydroxyl groups is 1. The maximum atomic E-state index is 11.7. The summed E-state index contributed by atoms with van der Waals surface area (Å²) in [5.74, 6) is 0.111. The van der Waals surface area contributed by atoms with E-state index in [0.717, 1.165) is 12.8 Å². The van der Waals surface area contributed by atoms with Gasteiger partial charge in [0.2, 0.25) is 5.91 Å². The van der Waals surface area contributed by atoms with E-state index in [1.807, 2.05) is 20.8 Å². The van der Waals surface area contributed by atoms with Crippen LogP contribution in [0.15, 0.2) is 0 Å². The van der Waals surface area contributed by atoms with Crippen LogP contribution in [-0.4, -0.2) is 41.1 Å². The molecule has 0 bridgehead atoms. The first-order valence-corrected chi connectivity index (χ1v) is 5.65. The second-order valence-electron chi connectivity index (χ2n) is 4.27. The van der Waals surface area contributed by atoms with Gasteiger partial charge in [0.25, 0.3) is 0 Å². The molecule has 0 aliphatic carbocycles. The van der Waals surface area contributed by atoms with Crippen molar-refractivity contribution in [2.45, 2.75) is 52.1 Å². The molecule has 0 aromatic rings. The van der Waals surface area contributed by atoms with Crippen LogP contribution in [-0.2, 0) is 4.79 Å². The Kier molecular flexibility index (Phi) is 7.34. The lowest BCUT2D eigenvalue weighted by atomic mass is 10.1. The molecular weight excluding hydrogens is 192 g/mol. The molecule has 1 unspecified atom stereocenters. The second-order valence-corrected chi connectivity index (χ2v) is 4.27. The summed E-state index contributed by atoms with van der Waals surface area (Å²) in [5, 5.41) is 8.83. The third kappa shape index (κ3) is 6.47. The molecule has 0 aromatic heterocycles. The first-order chi connectivity index (χ1) is 6.99. The zero-order valence-electron chi connectivity index (χ0n) is 10.1. The Bertz CT molecular complexity index is 181. The number of rotatable bonds is 7. The van der Waals surface area contributed by atoms with Gasteiger partial charge in [0.05, 0.1) is 6.61 Å².